The Morgan fingerprint density at radius 2 is 1.96 bits per heavy atom. The molecule has 0 aromatic heterocycles. The Kier molecular flexibility index (Phi) is 4.30. The highest BCUT2D eigenvalue weighted by atomic mass is 16.4. The van der Waals surface area contributed by atoms with Crippen LogP contribution in [0.2, 0.25) is 0 Å². The first-order valence-electron chi connectivity index (χ1n) is 8.34. The molecule has 128 valence electrons. The number of likely N-dealkylation sites (tertiary alicyclic amines) is 1. The van der Waals surface area contributed by atoms with Crippen LogP contribution >= 0.6 is 0 Å². The van der Waals surface area contributed by atoms with Gasteiger partial charge in [-0.2, -0.15) is 0 Å². The summed E-state index contributed by atoms with van der Waals surface area (Å²) in [6, 6.07) is 5.94. The lowest BCUT2D eigenvalue weighted by Crippen LogP contribution is -2.54. The van der Waals surface area contributed by atoms with Crippen molar-refractivity contribution in [2.24, 2.45) is 5.92 Å². The van der Waals surface area contributed by atoms with Crippen molar-refractivity contribution in [1.29, 1.82) is 0 Å². The van der Waals surface area contributed by atoms with E-state index in [9.17, 15) is 19.5 Å². The zero-order valence-corrected chi connectivity index (χ0v) is 13.9. The van der Waals surface area contributed by atoms with E-state index in [2.05, 4.69) is 0 Å². The molecule has 0 aliphatic carbocycles. The fourth-order valence-corrected chi connectivity index (χ4v) is 3.74. The first-order chi connectivity index (χ1) is 11.4. The van der Waals surface area contributed by atoms with E-state index in [0.717, 1.165) is 5.56 Å². The van der Waals surface area contributed by atoms with Crippen LogP contribution in [0.25, 0.3) is 0 Å². The molecule has 0 spiro atoms. The summed E-state index contributed by atoms with van der Waals surface area (Å²) in [6.07, 6.45) is 1.15. The van der Waals surface area contributed by atoms with Crippen LogP contribution in [0.4, 0.5) is 0 Å². The number of hydrogen-bond acceptors (Lipinski definition) is 3. The number of carboxylic acids is 1. The summed E-state index contributed by atoms with van der Waals surface area (Å²) in [6.45, 7) is 4.62. The molecule has 2 aliphatic rings. The molecule has 2 aliphatic heterocycles. The van der Waals surface area contributed by atoms with Gasteiger partial charge in [0.25, 0.3) is 5.91 Å². The number of carbonyl (C=O) groups excluding carboxylic acids is 2. The second-order valence-electron chi connectivity index (χ2n) is 6.81. The van der Waals surface area contributed by atoms with Crippen LogP contribution < -0.4 is 0 Å². The molecule has 6 nitrogen and oxygen atoms in total. The van der Waals surface area contributed by atoms with E-state index >= 15 is 0 Å². The standard InChI is InChI=1S/C18H22N2O4/c1-11(2)15(17(22)19-9-5-8-14(19)18(23)24)20-10-12-6-3-4-7-13(12)16(20)21/h3-4,6-7,11,14-15H,5,8-10H2,1-2H3,(H,23,24)/t14-,15-/m0/s1. The molecule has 0 saturated carbocycles. The van der Waals surface area contributed by atoms with Gasteiger partial charge in [-0.25, -0.2) is 4.79 Å². The number of nitrogens with zero attached hydrogens (tertiary/aromatic N) is 2. The molecule has 1 fully saturated rings. The van der Waals surface area contributed by atoms with Gasteiger partial charge in [-0.15, -0.1) is 0 Å². The van der Waals surface area contributed by atoms with Gasteiger partial charge in [0.1, 0.15) is 12.1 Å². The number of aliphatic carboxylic acids is 1. The van der Waals surface area contributed by atoms with Gasteiger partial charge in [0.05, 0.1) is 0 Å². The van der Waals surface area contributed by atoms with Gasteiger partial charge in [-0.1, -0.05) is 32.0 Å². The number of rotatable bonds is 4. The topological polar surface area (TPSA) is 77.9 Å². The zero-order chi connectivity index (χ0) is 17.4. The molecule has 3 rings (SSSR count). The van der Waals surface area contributed by atoms with E-state index in [1.165, 1.54) is 4.90 Å². The van der Waals surface area contributed by atoms with Gasteiger partial charge in [0, 0.05) is 18.7 Å². The van der Waals surface area contributed by atoms with Crippen molar-refractivity contribution in [3.63, 3.8) is 0 Å². The molecule has 2 heterocycles. The van der Waals surface area contributed by atoms with Crippen LogP contribution in [0.1, 0.15) is 42.6 Å². The van der Waals surface area contributed by atoms with E-state index in [0.29, 0.717) is 31.5 Å². The van der Waals surface area contributed by atoms with Crippen molar-refractivity contribution in [3.8, 4) is 0 Å². The van der Waals surface area contributed by atoms with E-state index in [4.69, 9.17) is 0 Å². The van der Waals surface area contributed by atoms with Gasteiger partial charge in [-0.3, -0.25) is 9.59 Å². The lowest BCUT2D eigenvalue weighted by Gasteiger charge is -2.34. The van der Waals surface area contributed by atoms with Gasteiger partial charge >= 0.3 is 5.97 Å². The number of carbonyl (C=O) groups is 3. The number of benzene rings is 1. The van der Waals surface area contributed by atoms with Gasteiger partial charge in [0.15, 0.2) is 0 Å². The molecular weight excluding hydrogens is 308 g/mol. The summed E-state index contributed by atoms with van der Waals surface area (Å²) in [5, 5.41) is 9.34. The number of amides is 2. The average molecular weight is 330 g/mol. The predicted octanol–water partition coefficient (Wildman–Crippen LogP) is 1.74. The summed E-state index contributed by atoms with van der Waals surface area (Å²) in [4.78, 5) is 40.2. The summed E-state index contributed by atoms with van der Waals surface area (Å²) >= 11 is 0. The Bertz CT molecular complexity index is 685. The van der Waals surface area contributed by atoms with Crippen molar-refractivity contribution in [1.82, 2.24) is 9.80 Å². The maximum atomic E-state index is 13.1. The molecule has 24 heavy (non-hydrogen) atoms. The minimum absolute atomic E-state index is 0.0918. The van der Waals surface area contributed by atoms with Crippen LogP contribution in [0.5, 0.6) is 0 Å². The first-order valence-corrected chi connectivity index (χ1v) is 8.34. The van der Waals surface area contributed by atoms with Crippen LogP contribution in [-0.4, -0.2) is 51.3 Å². The van der Waals surface area contributed by atoms with E-state index in [-0.39, 0.29) is 17.7 Å². The fraction of sp³-hybridized carbons (Fsp3) is 0.500. The molecule has 0 radical (unpaired) electrons. The van der Waals surface area contributed by atoms with Gasteiger partial charge in [-0.05, 0) is 30.4 Å². The second-order valence-corrected chi connectivity index (χ2v) is 6.81. The van der Waals surface area contributed by atoms with Crippen LogP contribution in [-0.2, 0) is 16.1 Å². The molecule has 6 heteroatoms. The molecular formula is C18H22N2O4. The highest BCUT2D eigenvalue weighted by molar-refractivity contribution is 6.01. The number of carboxylic acid groups (broad SMARTS) is 1. The predicted molar refractivity (Wildman–Crippen MR) is 87.3 cm³/mol. The van der Waals surface area contributed by atoms with Gasteiger partial charge < -0.3 is 14.9 Å². The highest BCUT2D eigenvalue weighted by Crippen LogP contribution is 2.29. The van der Waals surface area contributed by atoms with Gasteiger partial charge in [0.2, 0.25) is 5.91 Å². The van der Waals surface area contributed by atoms with Crippen LogP contribution in [0.3, 0.4) is 0 Å². The first kappa shape index (κ1) is 16.5. The molecule has 1 saturated heterocycles. The lowest BCUT2D eigenvalue weighted by molar-refractivity contribution is -0.150. The minimum Gasteiger partial charge on any atom is -0.480 e. The molecule has 1 aromatic rings. The van der Waals surface area contributed by atoms with Crippen molar-refractivity contribution in [2.75, 3.05) is 6.54 Å². The van der Waals surface area contributed by atoms with E-state index < -0.39 is 18.1 Å². The third-order valence-corrected chi connectivity index (χ3v) is 4.89. The number of hydrogen-bond donors (Lipinski definition) is 1. The Labute approximate surface area is 141 Å². The maximum Gasteiger partial charge on any atom is 0.326 e. The summed E-state index contributed by atoms with van der Waals surface area (Å²) in [7, 11) is 0. The zero-order valence-electron chi connectivity index (χ0n) is 13.9. The average Bonchev–Trinajstić information content (AvgIpc) is 3.14. The van der Waals surface area contributed by atoms with E-state index in [1.54, 1.807) is 11.0 Å². The monoisotopic (exact) mass is 330 g/mol. The quantitative estimate of drug-likeness (QED) is 0.912. The van der Waals surface area contributed by atoms with Crippen LogP contribution in [0.15, 0.2) is 24.3 Å². The molecule has 0 unspecified atom stereocenters. The van der Waals surface area contributed by atoms with E-state index in [1.807, 2.05) is 32.0 Å². The normalized spacial score (nSPS) is 21.3. The smallest absolute Gasteiger partial charge is 0.326 e. The third kappa shape index (κ3) is 2.66. The molecule has 2 amide bonds. The third-order valence-electron chi connectivity index (χ3n) is 4.89. The number of fused-ring (bicyclic) bond motifs is 1. The summed E-state index contributed by atoms with van der Waals surface area (Å²) < 4.78 is 0. The Balaban J connectivity index is 1.88. The summed E-state index contributed by atoms with van der Waals surface area (Å²) in [5.41, 5.74) is 1.55. The van der Waals surface area contributed by atoms with Crippen molar-refractivity contribution >= 4 is 17.8 Å². The fourth-order valence-electron chi connectivity index (χ4n) is 3.74. The van der Waals surface area contributed by atoms with Crippen LogP contribution in [0, 0.1) is 5.92 Å². The van der Waals surface area contributed by atoms with Crippen molar-refractivity contribution < 1.29 is 19.5 Å². The molecule has 2 atom stereocenters. The molecule has 1 N–H and O–H groups in total. The second kappa shape index (κ2) is 6.26. The maximum absolute atomic E-state index is 13.1. The lowest BCUT2D eigenvalue weighted by atomic mass is 10.0. The molecule has 1 aromatic carbocycles. The van der Waals surface area contributed by atoms with Crippen molar-refractivity contribution in [3.05, 3.63) is 35.4 Å². The highest BCUT2D eigenvalue weighted by Gasteiger charge is 2.43. The minimum atomic E-state index is -0.973. The largest absolute Gasteiger partial charge is 0.480 e. The molecule has 0 bridgehead atoms. The Morgan fingerprint density at radius 1 is 1.25 bits per heavy atom. The summed E-state index contributed by atoms with van der Waals surface area (Å²) in [5.74, 6) is -1.47. The van der Waals surface area contributed by atoms with Crippen molar-refractivity contribution in [2.45, 2.75) is 45.3 Å². The Morgan fingerprint density at radius 3 is 2.58 bits per heavy atom. The SMILES string of the molecule is CC(C)[C@@H](C(=O)N1CCC[C@H]1C(=O)O)N1Cc2ccccc2C1=O. The Hall–Kier alpha value is -2.37.